The monoisotopic (exact) mass is 266 g/mol. The van der Waals surface area contributed by atoms with Gasteiger partial charge in [-0.15, -0.1) is 17.4 Å². The zero-order valence-electron chi connectivity index (χ0n) is 7.20. The highest BCUT2D eigenvalue weighted by molar-refractivity contribution is 8.32. The van der Waals surface area contributed by atoms with Gasteiger partial charge in [0.25, 0.3) is 0 Å². The van der Waals surface area contributed by atoms with Crippen LogP contribution in [0.15, 0.2) is 0 Å². The first-order valence-corrected chi connectivity index (χ1v) is 9.80. The molecule has 0 aliphatic carbocycles. The lowest BCUT2D eigenvalue weighted by atomic mass is 10.4. The fourth-order valence-electron chi connectivity index (χ4n) is 0.819. The molecule has 3 atom stereocenters. The first kappa shape index (κ1) is 11.8. The molecule has 0 amide bonds. The lowest BCUT2D eigenvalue weighted by Crippen LogP contribution is -2.07. The van der Waals surface area contributed by atoms with Gasteiger partial charge in [-0.05, 0) is 12.2 Å². The van der Waals surface area contributed by atoms with E-state index in [1.54, 1.807) is 0 Å². The lowest BCUT2D eigenvalue weighted by molar-refractivity contribution is 1.64. The fraction of sp³-hybridized carbons (Fsp3) is 0.167. The molecule has 0 spiro atoms. The smallest absolute Gasteiger partial charge is 0.169 e. The summed E-state index contributed by atoms with van der Waals surface area (Å²) in [6.45, 7) is 2.07. The topological polar surface area (TPSA) is 49.8 Å². The van der Waals surface area contributed by atoms with E-state index in [-0.39, 0.29) is 0 Å². The minimum Gasteiger partial charge on any atom is -0.448 e. The molecule has 13 heavy (non-hydrogen) atoms. The Labute approximate surface area is 86.3 Å². The van der Waals surface area contributed by atoms with Crippen LogP contribution in [0.5, 0.6) is 0 Å². The summed E-state index contributed by atoms with van der Waals surface area (Å²) >= 11 is 0. The summed E-state index contributed by atoms with van der Waals surface area (Å²) in [5.41, 5.74) is 14.2. The summed E-state index contributed by atoms with van der Waals surface area (Å²) in [5, 5.41) is 3.80. The standard InChI is InChI=1S/C6H11N2P5/c1-3-4(7)5(9)6(10-3)11-12-13(2)8/h8,10H,2,7,9H2,1H3. The van der Waals surface area contributed by atoms with E-state index in [4.69, 9.17) is 11.2 Å². The molecule has 1 rings (SSSR count). The van der Waals surface area contributed by atoms with Crippen molar-refractivity contribution in [1.82, 2.24) is 0 Å². The van der Waals surface area contributed by atoms with Crippen LogP contribution in [-0.4, -0.2) is 6.30 Å². The molecule has 0 bridgehead atoms. The Hall–Kier alpha value is 0.740. The van der Waals surface area contributed by atoms with E-state index in [2.05, 4.69) is 22.5 Å². The van der Waals surface area contributed by atoms with E-state index in [0.29, 0.717) is 0 Å². The largest absolute Gasteiger partial charge is 0.448 e. The van der Waals surface area contributed by atoms with Crippen LogP contribution < -0.4 is 16.1 Å². The van der Waals surface area contributed by atoms with Crippen LogP contribution in [-0.2, 0) is 0 Å². The Balaban J connectivity index is 3.03. The van der Waals surface area contributed by atoms with E-state index in [1.165, 1.54) is 18.2 Å². The first-order chi connectivity index (χ1) is 6.02. The van der Waals surface area contributed by atoms with Gasteiger partial charge in [-0.25, -0.2) is 0 Å². The van der Waals surface area contributed by atoms with Gasteiger partial charge in [-0.2, -0.15) is 0 Å². The van der Waals surface area contributed by atoms with Crippen LogP contribution in [0.1, 0.15) is 5.30 Å². The van der Waals surface area contributed by atoms with Gasteiger partial charge in [0.05, 0.1) is 13.7 Å². The summed E-state index contributed by atoms with van der Waals surface area (Å²) < 4.78 is 0. The maximum atomic E-state index is 7.37. The molecule has 0 aliphatic rings. The molecule has 1 aromatic rings. The molecule has 0 aliphatic heterocycles. The van der Waals surface area contributed by atoms with E-state index >= 15 is 0 Å². The molecular weight excluding hydrogens is 255 g/mol. The van der Waals surface area contributed by atoms with Gasteiger partial charge in [0.2, 0.25) is 0 Å². The number of hydrogen-bond donors (Lipinski definition) is 1. The number of nitrogens with two attached hydrogens (primary N) is 1. The van der Waals surface area contributed by atoms with Gasteiger partial charge in [-0.3, -0.25) is 0 Å². The van der Waals surface area contributed by atoms with E-state index in [9.17, 15) is 0 Å². The zero-order valence-corrected chi connectivity index (χ0v) is 12.0. The van der Waals surface area contributed by atoms with E-state index in [0.717, 1.165) is 26.7 Å². The Bertz CT molecular complexity index is 367. The predicted molar refractivity (Wildman–Crippen MR) is 76.3 cm³/mol. The van der Waals surface area contributed by atoms with Crippen LogP contribution in [0.4, 0.5) is 5.69 Å². The summed E-state index contributed by atoms with van der Waals surface area (Å²) in [6, 6.07) is 0. The Kier molecular flexibility index (Phi) is 4.54. The Morgan fingerprint density at radius 3 is 2.69 bits per heavy atom. The summed E-state index contributed by atoms with van der Waals surface area (Å²) in [5.74, 6) is 0. The number of nitrogens with one attached hydrogen (secondary N) is 1. The van der Waals surface area contributed by atoms with Gasteiger partial charge in [-0.1, -0.05) is 0 Å². The van der Waals surface area contributed by atoms with Crippen molar-refractivity contribution in [3.8, 4) is 0 Å². The summed E-state index contributed by atoms with van der Waals surface area (Å²) in [6.07, 6.45) is 3.70. The van der Waals surface area contributed by atoms with Crippen molar-refractivity contribution in [1.29, 1.82) is 0 Å². The molecule has 7 heteroatoms. The van der Waals surface area contributed by atoms with Crippen molar-refractivity contribution in [2.75, 3.05) is 5.73 Å². The number of anilines is 1. The molecule has 0 fully saturated rings. The third-order valence-electron chi connectivity index (χ3n) is 1.51. The minimum atomic E-state index is -0.803. The van der Waals surface area contributed by atoms with Crippen molar-refractivity contribution in [3.05, 3.63) is 10.8 Å². The van der Waals surface area contributed by atoms with Crippen LogP contribution in [0.25, 0.3) is 5.50 Å². The third kappa shape index (κ3) is 3.11. The molecule has 0 aromatic carbocycles. The van der Waals surface area contributed by atoms with Crippen LogP contribution in [0.3, 0.4) is 0 Å². The van der Waals surface area contributed by atoms with Crippen molar-refractivity contribution in [3.63, 3.8) is 0 Å². The maximum absolute atomic E-state index is 7.37. The second kappa shape index (κ2) is 5.00. The molecule has 0 saturated carbocycles. The molecule has 1 aromatic heterocycles. The van der Waals surface area contributed by atoms with Gasteiger partial charge >= 0.3 is 0 Å². The highest BCUT2D eigenvalue weighted by atomic mass is 32.2. The highest BCUT2D eigenvalue weighted by Crippen LogP contribution is 2.44. The van der Waals surface area contributed by atoms with Crippen molar-refractivity contribution in [2.24, 2.45) is 0 Å². The number of hydrogen-bond acceptors (Lipinski definition) is 1. The van der Waals surface area contributed by atoms with E-state index in [1.807, 2.05) is 0 Å². The van der Waals surface area contributed by atoms with Crippen LogP contribution in [0.2, 0.25) is 0 Å². The maximum Gasteiger partial charge on any atom is 0.169 e. The van der Waals surface area contributed by atoms with Gasteiger partial charge in [0, 0.05) is 23.9 Å². The first-order valence-electron chi connectivity index (χ1n) is 3.49. The number of nitrogen functional groups attached to an aromatic ring is 1. The average Bonchev–Trinajstić information content (AvgIpc) is 2.29. The SMILES string of the molecule is C=[P+]([NH-])P=Pc1[pH]c(C)c(N)c1P. The molecule has 70 valence electrons. The molecule has 1 heterocycles. The van der Waals surface area contributed by atoms with Crippen molar-refractivity contribution >= 4 is 62.6 Å². The van der Waals surface area contributed by atoms with Crippen molar-refractivity contribution < 1.29 is 0 Å². The third-order valence-corrected chi connectivity index (χ3v) is 10.0. The molecule has 0 saturated heterocycles. The highest BCUT2D eigenvalue weighted by Gasteiger charge is 2.06. The quantitative estimate of drug-likeness (QED) is 0.820. The molecule has 3 N–H and O–H groups in total. The second-order valence-corrected chi connectivity index (χ2v) is 10.8. The number of rotatable bonds is 2. The summed E-state index contributed by atoms with van der Waals surface area (Å²) in [4.78, 5) is 0. The predicted octanol–water partition coefficient (Wildman–Crippen LogP) is 3.34. The second-order valence-electron chi connectivity index (χ2n) is 2.51. The van der Waals surface area contributed by atoms with E-state index < -0.39 is 7.38 Å². The number of aryl methyl sites for hydroxylation is 1. The Morgan fingerprint density at radius 2 is 2.31 bits per heavy atom. The average molecular weight is 266 g/mol. The normalized spacial score (nSPS) is 13.0. The van der Waals surface area contributed by atoms with Gasteiger partial charge in [0.15, 0.2) is 7.56 Å². The lowest BCUT2D eigenvalue weighted by Gasteiger charge is -1.91. The zero-order chi connectivity index (χ0) is 10.0. The Morgan fingerprint density at radius 1 is 1.69 bits per heavy atom. The van der Waals surface area contributed by atoms with Gasteiger partial charge in [0.1, 0.15) is 0 Å². The molecule has 0 radical (unpaired) electrons. The molecular formula is C6H11N2P5. The van der Waals surface area contributed by atoms with Crippen LogP contribution >= 0.6 is 40.2 Å². The van der Waals surface area contributed by atoms with Crippen molar-refractivity contribution in [2.45, 2.75) is 6.92 Å². The summed E-state index contributed by atoms with van der Waals surface area (Å²) in [7, 11) is 4.95. The molecule has 3 unspecified atom stereocenters. The minimum absolute atomic E-state index is 0.727. The molecule has 2 nitrogen and oxygen atoms in total. The fourth-order valence-corrected chi connectivity index (χ4v) is 8.29. The van der Waals surface area contributed by atoms with Crippen LogP contribution in [0, 0.1) is 6.92 Å². The van der Waals surface area contributed by atoms with Gasteiger partial charge < -0.3 is 11.2 Å².